The fraction of sp³-hybridized carbons (Fsp3) is 0.400. The van der Waals surface area contributed by atoms with E-state index in [-0.39, 0.29) is 5.91 Å². The molecular formula is C15H20N2O. The van der Waals surface area contributed by atoms with Crippen molar-refractivity contribution < 1.29 is 4.79 Å². The van der Waals surface area contributed by atoms with Crippen LogP contribution in [0.1, 0.15) is 31.2 Å². The van der Waals surface area contributed by atoms with Gasteiger partial charge in [-0.3, -0.25) is 4.79 Å². The third kappa shape index (κ3) is 5.40. The molecule has 0 aromatic heterocycles. The Bertz CT molecular complexity index is 421. The van der Waals surface area contributed by atoms with Gasteiger partial charge in [0.25, 0.3) is 0 Å². The summed E-state index contributed by atoms with van der Waals surface area (Å²) in [5.74, 6) is 2.65. The Morgan fingerprint density at radius 1 is 1.33 bits per heavy atom. The van der Waals surface area contributed by atoms with Crippen molar-refractivity contribution in [2.45, 2.75) is 32.1 Å². The zero-order valence-electron chi connectivity index (χ0n) is 10.6. The van der Waals surface area contributed by atoms with Gasteiger partial charge < -0.3 is 11.1 Å². The maximum absolute atomic E-state index is 11.6. The minimum atomic E-state index is 0.0685. The summed E-state index contributed by atoms with van der Waals surface area (Å²) in [7, 11) is 0. The maximum atomic E-state index is 11.6. The minimum absolute atomic E-state index is 0.0685. The van der Waals surface area contributed by atoms with Crippen molar-refractivity contribution in [3.05, 3.63) is 29.8 Å². The molecule has 0 bridgehead atoms. The average molecular weight is 244 g/mol. The molecule has 0 heterocycles. The number of nitrogens with two attached hydrogens (primary N) is 1. The van der Waals surface area contributed by atoms with Crippen LogP contribution in [0.15, 0.2) is 24.3 Å². The molecule has 0 atom stereocenters. The van der Waals surface area contributed by atoms with Crippen molar-refractivity contribution in [2.24, 2.45) is 0 Å². The van der Waals surface area contributed by atoms with Crippen LogP contribution in [0, 0.1) is 12.3 Å². The molecule has 1 aromatic rings. The molecule has 0 unspecified atom stereocenters. The lowest BCUT2D eigenvalue weighted by Gasteiger charge is -2.06. The summed E-state index contributed by atoms with van der Waals surface area (Å²) in [5, 5.41) is 2.88. The summed E-state index contributed by atoms with van der Waals surface area (Å²) in [4.78, 5) is 11.6. The molecule has 0 saturated heterocycles. The molecule has 3 heteroatoms. The Kier molecular flexibility index (Phi) is 6.42. The van der Waals surface area contributed by atoms with E-state index < -0.39 is 0 Å². The van der Waals surface area contributed by atoms with Crippen LogP contribution in [0.4, 0.5) is 5.69 Å². The van der Waals surface area contributed by atoms with Crippen LogP contribution in [0.25, 0.3) is 0 Å². The molecule has 3 nitrogen and oxygen atoms in total. The summed E-state index contributed by atoms with van der Waals surface area (Å²) < 4.78 is 0. The van der Waals surface area contributed by atoms with Gasteiger partial charge in [0.05, 0.1) is 0 Å². The van der Waals surface area contributed by atoms with Gasteiger partial charge in [0.1, 0.15) is 0 Å². The number of carbonyl (C=O) groups is 1. The fourth-order valence-electron chi connectivity index (χ4n) is 1.68. The Labute approximate surface area is 109 Å². The van der Waals surface area contributed by atoms with Crippen molar-refractivity contribution in [2.75, 3.05) is 12.3 Å². The third-order valence-electron chi connectivity index (χ3n) is 2.75. The molecule has 0 spiro atoms. The van der Waals surface area contributed by atoms with Gasteiger partial charge in [-0.25, -0.2) is 0 Å². The van der Waals surface area contributed by atoms with Gasteiger partial charge in [0.2, 0.25) is 5.91 Å². The molecule has 1 amide bonds. The van der Waals surface area contributed by atoms with E-state index in [9.17, 15) is 4.79 Å². The summed E-state index contributed by atoms with van der Waals surface area (Å²) in [5.41, 5.74) is 7.59. The Morgan fingerprint density at radius 3 is 2.83 bits per heavy atom. The average Bonchev–Trinajstić information content (AvgIpc) is 2.37. The number of hydrogen-bond acceptors (Lipinski definition) is 2. The van der Waals surface area contributed by atoms with Crippen LogP contribution in [0.2, 0.25) is 0 Å². The second-order valence-electron chi connectivity index (χ2n) is 4.21. The van der Waals surface area contributed by atoms with E-state index in [1.54, 1.807) is 0 Å². The van der Waals surface area contributed by atoms with Gasteiger partial charge in [-0.1, -0.05) is 18.2 Å². The highest BCUT2D eigenvalue weighted by molar-refractivity contribution is 5.76. The van der Waals surface area contributed by atoms with Crippen LogP contribution >= 0.6 is 0 Å². The van der Waals surface area contributed by atoms with Gasteiger partial charge in [-0.05, 0) is 30.9 Å². The molecule has 0 aliphatic heterocycles. The van der Waals surface area contributed by atoms with E-state index in [1.165, 1.54) is 0 Å². The predicted octanol–water partition coefficient (Wildman–Crippen LogP) is 2.12. The second kappa shape index (κ2) is 8.19. The molecule has 0 aliphatic rings. The minimum Gasteiger partial charge on any atom is -0.399 e. The van der Waals surface area contributed by atoms with Crippen LogP contribution < -0.4 is 11.1 Å². The second-order valence-corrected chi connectivity index (χ2v) is 4.21. The van der Waals surface area contributed by atoms with Crippen LogP contribution in [-0.4, -0.2) is 12.5 Å². The molecule has 1 aromatic carbocycles. The van der Waals surface area contributed by atoms with Crippen molar-refractivity contribution in [1.82, 2.24) is 5.32 Å². The molecule has 0 aliphatic carbocycles. The van der Waals surface area contributed by atoms with E-state index in [0.29, 0.717) is 19.4 Å². The largest absolute Gasteiger partial charge is 0.399 e. The summed E-state index contributed by atoms with van der Waals surface area (Å²) >= 11 is 0. The summed E-state index contributed by atoms with van der Waals surface area (Å²) in [6.07, 6.45) is 8.98. The van der Waals surface area contributed by atoms with Gasteiger partial charge >= 0.3 is 0 Å². The zero-order chi connectivity index (χ0) is 13.2. The highest BCUT2D eigenvalue weighted by atomic mass is 16.1. The van der Waals surface area contributed by atoms with E-state index in [4.69, 9.17) is 12.2 Å². The van der Waals surface area contributed by atoms with E-state index >= 15 is 0 Å². The number of terminal acetylenes is 1. The number of benzene rings is 1. The number of nitrogens with one attached hydrogen (secondary N) is 1. The number of carbonyl (C=O) groups excluding carboxylic acids is 1. The Balaban J connectivity index is 2.18. The molecule has 0 fully saturated rings. The van der Waals surface area contributed by atoms with E-state index in [1.807, 2.05) is 24.3 Å². The molecule has 96 valence electrons. The van der Waals surface area contributed by atoms with Crippen LogP contribution in [0.3, 0.4) is 0 Å². The standard InChI is InChI=1S/C15H20N2O/c1-2-3-4-7-12-17-15(18)11-10-13-8-5-6-9-14(13)16/h1,5-6,8-9H,3-4,7,10-12,16H2,(H,17,18). The maximum Gasteiger partial charge on any atom is 0.220 e. The van der Waals surface area contributed by atoms with Gasteiger partial charge in [0.15, 0.2) is 0 Å². The Morgan fingerprint density at radius 2 is 2.11 bits per heavy atom. The lowest BCUT2D eigenvalue weighted by atomic mass is 10.1. The van der Waals surface area contributed by atoms with Gasteiger partial charge in [-0.15, -0.1) is 12.3 Å². The topological polar surface area (TPSA) is 55.1 Å². The number of hydrogen-bond donors (Lipinski definition) is 2. The van der Waals surface area contributed by atoms with Gasteiger partial charge in [-0.2, -0.15) is 0 Å². The lowest BCUT2D eigenvalue weighted by Crippen LogP contribution is -2.24. The summed E-state index contributed by atoms with van der Waals surface area (Å²) in [6, 6.07) is 7.64. The molecule has 0 saturated carbocycles. The first-order valence-corrected chi connectivity index (χ1v) is 6.27. The highest BCUT2D eigenvalue weighted by Gasteiger charge is 2.03. The predicted molar refractivity (Wildman–Crippen MR) is 74.9 cm³/mol. The molecule has 3 N–H and O–H groups in total. The number of unbranched alkanes of at least 4 members (excludes halogenated alkanes) is 2. The number of para-hydroxylation sites is 1. The monoisotopic (exact) mass is 244 g/mol. The van der Waals surface area contributed by atoms with Gasteiger partial charge in [0, 0.05) is 25.1 Å². The number of amides is 1. The van der Waals surface area contributed by atoms with E-state index in [0.717, 1.165) is 30.5 Å². The smallest absolute Gasteiger partial charge is 0.220 e. The first-order valence-electron chi connectivity index (χ1n) is 6.27. The fourth-order valence-corrected chi connectivity index (χ4v) is 1.68. The van der Waals surface area contributed by atoms with Crippen molar-refractivity contribution in [3.63, 3.8) is 0 Å². The van der Waals surface area contributed by atoms with Crippen molar-refractivity contribution in [1.29, 1.82) is 0 Å². The van der Waals surface area contributed by atoms with Crippen molar-refractivity contribution >= 4 is 11.6 Å². The third-order valence-corrected chi connectivity index (χ3v) is 2.75. The first kappa shape index (κ1) is 14.1. The lowest BCUT2D eigenvalue weighted by molar-refractivity contribution is -0.121. The number of rotatable bonds is 7. The highest BCUT2D eigenvalue weighted by Crippen LogP contribution is 2.12. The summed E-state index contributed by atoms with van der Waals surface area (Å²) in [6.45, 7) is 0.699. The van der Waals surface area contributed by atoms with Crippen LogP contribution in [-0.2, 0) is 11.2 Å². The molecule has 1 rings (SSSR count). The van der Waals surface area contributed by atoms with E-state index in [2.05, 4.69) is 11.2 Å². The Hall–Kier alpha value is -1.95. The SMILES string of the molecule is C#CCCCCNC(=O)CCc1ccccc1N. The normalized spacial score (nSPS) is 9.72. The molecule has 18 heavy (non-hydrogen) atoms. The zero-order valence-corrected chi connectivity index (χ0v) is 10.6. The van der Waals surface area contributed by atoms with Crippen molar-refractivity contribution in [3.8, 4) is 12.3 Å². The number of nitrogen functional groups attached to an aromatic ring is 1. The van der Waals surface area contributed by atoms with Crippen LogP contribution in [0.5, 0.6) is 0 Å². The first-order chi connectivity index (χ1) is 8.74. The number of anilines is 1. The molecule has 0 radical (unpaired) electrons. The number of aryl methyl sites for hydroxylation is 1. The molecular weight excluding hydrogens is 224 g/mol. The quantitative estimate of drug-likeness (QED) is 0.438.